The van der Waals surface area contributed by atoms with Crippen LogP contribution in [-0.2, 0) is 0 Å². The van der Waals surface area contributed by atoms with Crippen LogP contribution in [0.15, 0.2) is 34.3 Å². The van der Waals surface area contributed by atoms with Crippen molar-refractivity contribution >= 4 is 22.5 Å². The van der Waals surface area contributed by atoms with Gasteiger partial charge < -0.3 is 10.8 Å². The Labute approximate surface area is 113 Å². The Hall–Kier alpha value is -0.910. The van der Waals surface area contributed by atoms with Gasteiger partial charge >= 0.3 is 0 Å². The largest absolute Gasteiger partial charge is 0.371 e. The fourth-order valence-electron chi connectivity index (χ4n) is 1.68. The highest BCUT2D eigenvalue weighted by atomic mass is 32.2. The molecule has 0 aliphatic heterocycles. The Balaban J connectivity index is 2.56. The second-order valence-corrected chi connectivity index (χ2v) is 5.34. The second-order valence-electron chi connectivity index (χ2n) is 4.30. The van der Waals surface area contributed by atoms with Gasteiger partial charge in [0.05, 0.1) is 5.04 Å². The van der Waals surface area contributed by atoms with Crippen LogP contribution in [0.5, 0.6) is 0 Å². The highest BCUT2D eigenvalue weighted by Crippen LogP contribution is 2.21. The van der Waals surface area contributed by atoms with Crippen LogP contribution < -0.4 is 5.73 Å². The molecule has 18 heavy (non-hydrogen) atoms. The van der Waals surface area contributed by atoms with Crippen LogP contribution in [0.1, 0.15) is 13.8 Å². The van der Waals surface area contributed by atoms with Gasteiger partial charge in [0.25, 0.3) is 0 Å². The van der Waals surface area contributed by atoms with Gasteiger partial charge in [-0.15, -0.1) is 11.8 Å². The Morgan fingerprint density at radius 1 is 1.39 bits per heavy atom. The number of aliphatic hydroxyl groups excluding tert-OH is 1. The lowest BCUT2D eigenvalue weighted by molar-refractivity contribution is 0.210. The lowest BCUT2D eigenvalue weighted by Crippen LogP contribution is -2.33. The van der Waals surface area contributed by atoms with Crippen molar-refractivity contribution in [2.75, 3.05) is 12.8 Å². The molecule has 0 aromatic heterocycles. The lowest BCUT2D eigenvalue weighted by Gasteiger charge is -2.22. The molecule has 0 amide bonds. The van der Waals surface area contributed by atoms with E-state index in [9.17, 15) is 5.11 Å². The number of allylic oxidation sites excluding steroid dienone is 2. The van der Waals surface area contributed by atoms with Gasteiger partial charge in [0.2, 0.25) is 0 Å². The zero-order chi connectivity index (χ0) is 13.5. The predicted octanol–water partition coefficient (Wildman–Crippen LogP) is 1.62. The van der Waals surface area contributed by atoms with Crippen LogP contribution in [0, 0.1) is 5.92 Å². The van der Waals surface area contributed by atoms with Gasteiger partial charge in [-0.2, -0.15) is 0 Å². The zero-order valence-electron chi connectivity index (χ0n) is 11.1. The third-order valence-electron chi connectivity index (χ3n) is 2.47. The van der Waals surface area contributed by atoms with Crippen molar-refractivity contribution in [3.05, 3.63) is 24.3 Å². The van der Waals surface area contributed by atoms with E-state index < -0.39 is 6.23 Å². The van der Waals surface area contributed by atoms with Crippen LogP contribution in [0.2, 0.25) is 0 Å². The van der Waals surface area contributed by atoms with Crippen LogP contribution in [-0.4, -0.2) is 40.9 Å². The summed E-state index contributed by atoms with van der Waals surface area (Å²) in [5.41, 5.74) is 6.89. The summed E-state index contributed by atoms with van der Waals surface area (Å²) in [6.45, 7) is 3.74. The van der Waals surface area contributed by atoms with E-state index in [-0.39, 0.29) is 12.0 Å². The number of hydrogen-bond acceptors (Lipinski definition) is 5. The van der Waals surface area contributed by atoms with Gasteiger partial charge in [-0.25, -0.2) is 0 Å². The van der Waals surface area contributed by atoms with E-state index in [0.29, 0.717) is 5.75 Å². The van der Waals surface area contributed by atoms with E-state index in [1.807, 2.05) is 38.2 Å². The van der Waals surface area contributed by atoms with E-state index in [2.05, 4.69) is 9.98 Å². The van der Waals surface area contributed by atoms with Crippen LogP contribution in [0.3, 0.4) is 0 Å². The third kappa shape index (κ3) is 4.76. The van der Waals surface area contributed by atoms with Crippen LogP contribution in [0.25, 0.3) is 0 Å². The molecule has 0 bridgehead atoms. The molecule has 5 heteroatoms. The Kier molecular flexibility index (Phi) is 6.32. The molecule has 4 nitrogen and oxygen atoms in total. The molecule has 1 aliphatic rings. The molecular formula is C13H21N3OS. The molecule has 0 saturated heterocycles. The Bertz CT molecular complexity index is 384. The standard InChI is InChI=1S/C13H21N3OS/c1-9(2)16-12(17)8-18-13(15-3)10-6-4-5-7-11(10)14/h4-7,10-12,17H,8,14H2,1-3H3. The topological polar surface area (TPSA) is 71.0 Å². The molecule has 1 rings (SSSR count). The van der Waals surface area contributed by atoms with E-state index >= 15 is 0 Å². The number of thioether (sulfide) groups is 1. The van der Waals surface area contributed by atoms with Crippen molar-refractivity contribution in [2.45, 2.75) is 26.1 Å². The van der Waals surface area contributed by atoms with Gasteiger partial charge in [0.1, 0.15) is 0 Å². The summed E-state index contributed by atoms with van der Waals surface area (Å²) in [6.07, 6.45) is 7.24. The molecule has 0 heterocycles. The molecule has 1 aliphatic carbocycles. The van der Waals surface area contributed by atoms with Crippen molar-refractivity contribution in [3.63, 3.8) is 0 Å². The first-order valence-electron chi connectivity index (χ1n) is 5.93. The predicted molar refractivity (Wildman–Crippen MR) is 80.4 cm³/mol. The summed E-state index contributed by atoms with van der Waals surface area (Å²) in [4.78, 5) is 8.35. The number of nitrogens with two attached hydrogens (primary N) is 1. The first kappa shape index (κ1) is 15.1. The third-order valence-corrected chi connectivity index (χ3v) is 3.69. The molecule has 100 valence electrons. The van der Waals surface area contributed by atoms with E-state index in [1.165, 1.54) is 11.8 Å². The smallest absolute Gasteiger partial charge is 0.154 e. The lowest BCUT2D eigenvalue weighted by atomic mass is 9.97. The molecule has 0 spiro atoms. The normalized spacial score (nSPS) is 25.1. The number of hydrogen-bond donors (Lipinski definition) is 2. The number of aliphatic imine (C=N–C) groups is 2. The van der Waals surface area contributed by atoms with Gasteiger partial charge in [-0.05, 0) is 13.8 Å². The SMILES string of the molecule is CN=C(SCC(O)N=C(C)C)C1C=CC=CC1N. The molecule has 0 aromatic rings. The van der Waals surface area contributed by atoms with Crippen molar-refractivity contribution in [2.24, 2.45) is 21.6 Å². The molecule has 3 unspecified atom stereocenters. The number of aliphatic hydroxyl groups is 1. The summed E-state index contributed by atoms with van der Waals surface area (Å²) in [6, 6.07) is -0.0465. The molecule has 0 radical (unpaired) electrons. The van der Waals surface area contributed by atoms with Crippen molar-refractivity contribution < 1.29 is 5.11 Å². The average molecular weight is 267 g/mol. The fraction of sp³-hybridized carbons (Fsp3) is 0.538. The van der Waals surface area contributed by atoms with Gasteiger partial charge in [0, 0.05) is 30.5 Å². The van der Waals surface area contributed by atoms with E-state index in [0.717, 1.165) is 10.8 Å². The quantitative estimate of drug-likeness (QED) is 0.600. The summed E-state index contributed by atoms with van der Waals surface area (Å²) in [5.74, 6) is 0.599. The maximum absolute atomic E-state index is 9.70. The Morgan fingerprint density at radius 3 is 2.61 bits per heavy atom. The zero-order valence-corrected chi connectivity index (χ0v) is 11.9. The fourth-order valence-corrected chi connectivity index (χ4v) is 2.63. The summed E-state index contributed by atoms with van der Waals surface area (Å²) < 4.78 is 0. The molecule has 0 fully saturated rings. The van der Waals surface area contributed by atoms with Crippen molar-refractivity contribution in [1.82, 2.24) is 0 Å². The molecule has 3 atom stereocenters. The van der Waals surface area contributed by atoms with Gasteiger partial charge in [-0.3, -0.25) is 9.98 Å². The monoisotopic (exact) mass is 267 g/mol. The first-order valence-corrected chi connectivity index (χ1v) is 6.92. The minimum absolute atomic E-state index is 0.0465. The molecule has 0 saturated carbocycles. The van der Waals surface area contributed by atoms with Gasteiger partial charge in [0.15, 0.2) is 6.23 Å². The average Bonchev–Trinajstić information content (AvgIpc) is 2.31. The minimum atomic E-state index is -0.684. The second kappa shape index (κ2) is 7.51. The molecular weight excluding hydrogens is 246 g/mol. The minimum Gasteiger partial charge on any atom is -0.371 e. The highest BCUT2D eigenvalue weighted by Gasteiger charge is 2.21. The van der Waals surface area contributed by atoms with Crippen molar-refractivity contribution in [3.8, 4) is 0 Å². The summed E-state index contributed by atoms with van der Waals surface area (Å²) >= 11 is 1.51. The van der Waals surface area contributed by atoms with Crippen LogP contribution in [0.4, 0.5) is 0 Å². The first-order chi connectivity index (χ1) is 8.54. The maximum atomic E-state index is 9.70. The summed E-state index contributed by atoms with van der Waals surface area (Å²) in [5, 5.41) is 10.6. The summed E-state index contributed by atoms with van der Waals surface area (Å²) in [7, 11) is 1.75. The number of nitrogens with zero attached hydrogens (tertiary/aromatic N) is 2. The molecule has 3 N–H and O–H groups in total. The number of rotatable bonds is 4. The van der Waals surface area contributed by atoms with Gasteiger partial charge in [-0.1, -0.05) is 24.3 Å². The Morgan fingerprint density at radius 2 is 2.06 bits per heavy atom. The molecule has 0 aromatic carbocycles. The highest BCUT2D eigenvalue weighted by molar-refractivity contribution is 8.14. The van der Waals surface area contributed by atoms with Crippen molar-refractivity contribution in [1.29, 1.82) is 0 Å². The van der Waals surface area contributed by atoms with Crippen LogP contribution >= 0.6 is 11.8 Å². The maximum Gasteiger partial charge on any atom is 0.154 e. The van der Waals surface area contributed by atoms with E-state index in [4.69, 9.17) is 5.73 Å². The van der Waals surface area contributed by atoms with E-state index in [1.54, 1.807) is 7.05 Å².